The molecule has 2 fully saturated rings. The Bertz CT molecular complexity index is 380. The second-order valence-electron chi connectivity index (χ2n) is 7.26. The predicted octanol–water partition coefficient (Wildman–Crippen LogP) is 1.31. The number of halogens is 1. The fourth-order valence-electron chi connectivity index (χ4n) is 2.73. The van der Waals surface area contributed by atoms with Crippen LogP contribution < -0.4 is 10.6 Å². The standard InChI is InChI=1S/C16H32N4O2.HI/c1-5-17-14(19-11-16(4)12-22-13-16)18-10-15(2,3)20-6-8-21-9-7-20;/h5-13H2,1-4H3,(H2,17,18,19);1H. The highest BCUT2D eigenvalue weighted by atomic mass is 127. The first kappa shape index (κ1) is 20.9. The Labute approximate surface area is 157 Å². The predicted molar refractivity (Wildman–Crippen MR) is 105 cm³/mol. The van der Waals surface area contributed by atoms with Gasteiger partial charge in [-0.2, -0.15) is 0 Å². The maximum Gasteiger partial charge on any atom is 0.191 e. The minimum atomic E-state index is 0. The molecule has 0 saturated carbocycles. The monoisotopic (exact) mass is 440 g/mol. The van der Waals surface area contributed by atoms with E-state index in [1.54, 1.807) is 0 Å². The van der Waals surface area contributed by atoms with Gasteiger partial charge >= 0.3 is 0 Å². The molecule has 0 spiro atoms. The lowest BCUT2D eigenvalue weighted by molar-refractivity contribution is -0.0971. The lowest BCUT2D eigenvalue weighted by atomic mass is 9.89. The maximum atomic E-state index is 5.44. The summed E-state index contributed by atoms with van der Waals surface area (Å²) in [5.74, 6) is 0.900. The van der Waals surface area contributed by atoms with Crippen LogP contribution in [0.25, 0.3) is 0 Å². The van der Waals surface area contributed by atoms with Crippen LogP contribution in [0.4, 0.5) is 0 Å². The van der Waals surface area contributed by atoms with Crippen molar-refractivity contribution in [3.05, 3.63) is 0 Å². The Kier molecular flexibility index (Phi) is 8.54. The number of nitrogens with one attached hydrogen (secondary N) is 2. The van der Waals surface area contributed by atoms with Gasteiger partial charge in [0.25, 0.3) is 0 Å². The SMILES string of the molecule is CCNC(=NCC(C)(C)N1CCOCC1)NCC1(C)COC1.I. The highest BCUT2D eigenvalue weighted by Gasteiger charge is 2.33. The number of morpholine rings is 1. The maximum absolute atomic E-state index is 5.44. The Morgan fingerprint density at radius 2 is 1.83 bits per heavy atom. The summed E-state index contributed by atoms with van der Waals surface area (Å²) in [6, 6.07) is 0. The molecule has 23 heavy (non-hydrogen) atoms. The van der Waals surface area contributed by atoms with Crippen LogP contribution >= 0.6 is 24.0 Å². The Balaban J connectivity index is 0.00000264. The third-order valence-corrected chi connectivity index (χ3v) is 4.42. The van der Waals surface area contributed by atoms with Crippen LogP contribution in [0.5, 0.6) is 0 Å². The van der Waals surface area contributed by atoms with Gasteiger partial charge in [0.05, 0.1) is 33.0 Å². The molecular formula is C16H33IN4O2. The zero-order valence-electron chi connectivity index (χ0n) is 15.0. The lowest BCUT2D eigenvalue weighted by Crippen LogP contribution is -2.53. The molecule has 2 heterocycles. The lowest BCUT2D eigenvalue weighted by Gasteiger charge is -2.40. The summed E-state index contributed by atoms with van der Waals surface area (Å²) in [6.45, 7) is 16.7. The summed E-state index contributed by atoms with van der Waals surface area (Å²) >= 11 is 0. The van der Waals surface area contributed by atoms with E-state index < -0.39 is 0 Å². The summed E-state index contributed by atoms with van der Waals surface area (Å²) < 4.78 is 10.7. The molecule has 2 aliphatic rings. The number of guanidine groups is 1. The molecule has 2 aliphatic heterocycles. The van der Waals surface area contributed by atoms with Gasteiger partial charge in [0.15, 0.2) is 5.96 Å². The Hall–Kier alpha value is -0.120. The largest absolute Gasteiger partial charge is 0.380 e. The molecule has 0 unspecified atom stereocenters. The van der Waals surface area contributed by atoms with Gasteiger partial charge in [-0.05, 0) is 20.8 Å². The molecule has 0 aromatic carbocycles. The third-order valence-electron chi connectivity index (χ3n) is 4.42. The van der Waals surface area contributed by atoms with Crippen LogP contribution in [-0.2, 0) is 9.47 Å². The minimum absolute atomic E-state index is 0. The second-order valence-corrected chi connectivity index (χ2v) is 7.26. The van der Waals surface area contributed by atoms with Gasteiger partial charge in [-0.25, -0.2) is 0 Å². The van der Waals surface area contributed by atoms with Crippen LogP contribution in [0.15, 0.2) is 4.99 Å². The molecular weight excluding hydrogens is 407 g/mol. The highest BCUT2D eigenvalue weighted by molar-refractivity contribution is 14.0. The molecule has 6 nitrogen and oxygen atoms in total. The fourth-order valence-corrected chi connectivity index (χ4v) is 2.73. The molecule has 0 bridgehead atoms. The van der Waals surface area contributed by atoms with E-state index in [-0.39, 0.29) is 34.9 Å². The van der Waals surface area contributed by atoms with Crippen LogP contribution in [0.1, 0.15) is 27.7 Å². The van der Waals surface area contributed by atoms with Crippen molar-refractivity contribution in [2.24, 2.45) is 10.4 Å². The van der Waals surface area contributed by atoms with Gasteiger partial charge in [0.1, 0.15) is 0 Å². The average molecular weight is 440 g/mol. The number of hydrogen-bond acceptors (Lipinski definition) is 4. The van der Waals surface area contributed by atoms with Crippen molar-refractivity contribution in [1.82, 2.24) is 15.5 Å². The van der Waals surface area contributed by atoms with Gasteiger partial charge in [0.2, 0.25) is 0 Å². The zero-order chi connectivity index (χ0) is 16.1. The highest BCUT2D eigenvalue weighted by Crippen LogP contribution is 2.25. The molecule has 136 valence electrons. The topological polar surface area (TPSA) is 58.1 Å². The van der Waals surface area contributed by atoms with Crippen LogP contribution in [0, 0.1) is 5.41 Å². The van der Waals surface area contributed by atoms with Crippen molar-refractivity contribution in [3.8, 4) is 0 Å². The number of ether oxygens (including phenoxy) is 2. The van der Waals surface area contributed by atoms with Crippen molar-refractivity contribution in [1.29, 1.82) is 0 Å². The van der Waals surface area contributed by atoms with E-state index in [2.05, 4.69) is 43.2 Å². The molecule has 0 aromatic rings. The molecule has 2 rings (SSSR count). The number of hydrogen-bond donors (Lipinski definition) is 2. The van der Waals surface area contributed by atoms with E-state index >= 15 is 0 Å². The van der Waals surface area contributed by atoms with Crippen LogP contribution in [-0.4, -0.2) is 75.5 Å². The smallest absolute Gasteiger partial charge is 0.191 e. The summed E-state index contributed by atoms with van der Waals surface area (Å²) in [4.78, 5) is 7.26. The molecule has 0 aromatic heterocycles. The molecule has 0 atom stereocenters. The van der Waals surface area contributed by atoms with Gasteiger partial charge in [0, 0.05) is 37.1 Å². The van der Waals surface area contributed by atoms with Crippen LogP contribution in [0.3, 0.4) is 0 Å². The van der Waals surface area contributed by atoms with Gasteiger partial charge in [-0.1, -0.05) is 6.92 Å². The van der Waals surface area contributed by atoms with E-state index in [0.717, 1.165) is 65.1 Å². The van der Waals surface area contributed by atoms with E-state index in [1.165, 1.54) is 0 Å². The molecule has 0 aliphatic carbocycles. The summed E-state index contributed by atoms with van der Waals surface area (Å²) in [5.41, 5.74) is 0.297. The zero-order valence-corrected chi connectivity index (χ0v) is 17.3. The first-order chi connectivity index (χ1) is 10.5. The molecule has 2 saturated heterocycles. The van der Waals surface area contributed by atoms with Crippen molar-refractivity contribution >= 4 is 29.9 Å². The number of aliphatic imine (C=N–C) groups is 1. The normalized spacial score (nSPS) is 22.0. The van der Waals surface area contributed by atoms with Crippen molar-refractivity contribution in [2.45, 2.75) is 33.2 Å². The molecule has 7 heteroatoms. The first-order valence-corrected chi connectivity index (χ1v) is 8.38. The second kappa shape index (κ2) is 9.39. The summed E-state index contributed by atoms with van der Waals surface area (Å²) in [7, 11) is 0. The minimum Gasteiger partial charge on any atom is -0.380 e. The van der Waals surface area contributed by atoms with E-state index in [1.807, 2.05) is 0 Å². The van der Waals surface area contributed by atoms with Gasteiger partial charge in [-0.15, -0.1) is 24.0 Å². The Morgan fingerprint density at radius 1 is 1.17 bits per heavy atom. The van der Waals surface area contributed by atoms with Crippen LogP contribution in [0.2, 0.25) is 0 Å². The number of nitrogens with zero attached hydrogens (tertiary/aromatic N) is 2. The van der Waals surface area contributed by atoms with E-state index in [0.29, 0.717) is 0 Å². The first-order valence-electron chi connectivity index (χ1n) is 8.38. The number of rotatable bonds is 6. The summed E-state index contributed by atoms with van der Waals surface area (Å²) in [6.07, 6.45) is 0. The van der Waals surface area contributed by atoms with Gasteiger partial charge in [-0.3, -0.25) is 9.89 Å². The van der Waals surface area contributed by atoms with Crippen molar-refractivity contribution in [2.75, 3.05) is 59.2 Å². The van der Waals surface area contributed by atoms with E-state index in [9.17, 15) is 0 Å². The molecule has 0 amide bonds. The molecule has 0 radical (unpaired) electrons. The molecule has 2 N–H and O–H groups in total. The van der Waals surface area contributed by atoms with Crippen molar-refractivity contribution in [3.63, 3.8) is 0 Å². The fraction of sp³-hybridized carbons (Fsp3) is 0.938. The van der Waals surface area contributed by atoms with Gasteiger partial charge < -0.3 is 20.1 Å². The van der Waals surface area contributed by atoms with E-state index in [4.69, 9.17) is 14.5 Å². The average Bonchev–Trinajstić information content (AvgIpc) is 2.49. The quantitative estimate of drug-likeness (QED) is 0.371. The van der Waals surface area contributed by atoms with Crippen molar-refractivity contribution < 1.29 is 9.47 Å². The summed E-state index contributed by atoms with van der Waals surface area (Å²) in [5, 5.41) is 6.79. The third kappa shape index (κ3) is 6.36. The Morgan fingerprint density at radius 3 is 2.35 bits per heavy atom.